The van der Waals surface area contributed by atoms with Crippen LogP contribution in [0.25, 0.3) is 0 Å². The Morgan fingerprint density at radius 2 is 1.94 bits per heavy atom. The molecule has 2 unspecified atom stereocenters. The van der Waals surface area contributed by atoms with Gasteiger partial charge in [0.15, 0.2) is 0 Å². The van der Waals surface area contributed by atoms with E-state index in [1.54, 1.807) is 6.07 Å². The van der Waals surface area contributed by atoms with Gasteiger partial charge in [0.1, 0.15) is 0 Å². The molecule has 2 rings (SSSR count). The summed E-state index contributed by atoms with van der Waals surface area (Å²) in [6.07, 6.45) is 0. The first kappa shape index (κ1) is 13.0. The molecule has 1 heterocycles. The van der Waals surface area contributed by atoms with E-state index in [0.717, 1.165) is 18.8 Å². The Bertz CT molecular complexity index is 457. The maximum atomic E-state index is 10.8. The summed E-state index contributed by atoms with van der Waals surface area (Å²) in [7, 11) is 0. The van der Waals surface area contributed by atoms with Crippen LogP contribution in [-0.2, 0) is 0 Å². The lowest BCUT2D eigenvalue weighted by Gasteiger charge is -2.36. The highest BCUT2D eigenvalue weighted by molar-refractivity contribution is 8.00. The van der Waals surface area contributed by atoms with Crippen LogP contribution < -0.4 is 10.6 Å². The number of hydrogen-bond donors (Lipinski definition) is 1. The van der Waals surface area contributed by atoms with Gasteiger partial charge < -0.3 is 10.6 Å². The molecule has 98 valence electrons. The van der Waals surface area contributed by atoms with E-state index in [9.17, 15) is 10.1 Å². The van der Waals surface area contributed by atoms with Crippen molar-refractivity contribution >= 4 is 28.8 Å². The Labute approximate surface area is 110 Å². The van der Waals surface area contributed by atoms with Crippen LogP contribution in [0.1, 0.15) is 13.8 Å². The zero-order valence-electron chi connectivity index (χ0n) is 10.5. The fraction of sp³-hybridized carbons (Fsp3) is 0.500. The lowest BCUT2D eigenvalue weighted by Crippen LogP contribution is -2.40. The van der Waals surface area contributed by atoms with Gasteiger partial charge in [0.05, 0.1) is 4.92 Å². The van der Waals surface area contributed by atoms with Crippen molar-refractivity contribution < 1.29 is 4.92 Å². The molecule has 1 saturated heterocycles. The third kappa shape index (κ3) is 2.87. The molecule has 0 aromatic heterocycles. The minimum Gasteiger partial charge on any atom is -0.398 e. The average Bonchev–Trinajstić information content (AvgIpc) is 2.26. The summed E-state index contributed by atoms with van der Waals surface area (Å²) in [4.78, 5) is 12.6. The van der Waals surface area contributed by atoms with Crippen molar-refractivity contribution in [2.24, 2.45) is 0 Å². The standard InChI is InChI=1S/C12H17N3O2S/c1-8-6-14(7-9(2)18-8)11-3-10(13)4-12(5-11)15(16)17/h3-5,8-9H,6-7,13H2,1-2H3. The smallest absolute Gasteiger partial charge is 0.273 e. The molecular weight excluding hydrogens is 250 g/mol. The van der Waals surface area contributed by atoms with E-state index in [4.69, 9.17) is 5.73 Å². The summed E-state index contributed by atoms with van der Waals surface area (Å²) < 4.78 is 0. The van der Waals surface area contributed by atoms with Crippen molar-refractivity contribution in [3.63, 3.8) is 0 Å². The molecule has 2 N–H and O–H groups in total. The number of nitro benzene ring substituents is 1. The lowest BCUT2D eigenvalue weighted by atomic mass is 10.2. The molecule has 0 bridgehead atoms. The molecular formula is C12H17N3O2S. The quantitative estimate of drug-likeness (QED) is 0.506. The highest BCUT2D eigenvalue weighted by Gasteiger charge is 2.23. The number of nitro groups is 1. The first-order chi connectivity index (χ1) is 8.45. The predicted octanol–water partition coefficient (Wildman–Crippen LogP) is 2.51. The summed E-state index contributed by atoms with van der Waals surface area (Å²) in [5, 5.41) is 11.9. The molecule has 0 radical (unpaired) electrons. The summed E-state index contributed by atoms with van der Waals surface area (Å²) in [5.41, 5.74) is 7.09. The minimum absolute atomic E-state index is 0.0588. The topological polar surface area (TPSA) is 72.4 Å². The zero-order valence-corrected chi connectivity index (χ0v) is 11.3. The van der Waals surface area contributed by atoms with Crippen LogP contribution in [0, 0.1) is 10.1 Å². The van der Waals surface area contributed by atoms with Crippen molar-refractivity contribution in [1.29, 1.82) is 0 Å². The highest BCUT2D eigenvalue weighted by atomic mass is 32.2. The second-order valence-electron chi connectivity index (χ2n) is 4.70. The number of nitrogen functional groups attached to an aromatic ring is 1. The molecule has 1 aromatic rings. The normalized spacial score (nSPS) is 24.0. The maximum absolute atomic E-state index is 10.8. The van der Waals surface area contributed by atoms with Crippen molar-refractivity contribution in [1.82, 2.24) is 0 Å². The molecule has 0 amide bonds. The van der Waals surface area contributed by atoms with Crippen LogP contribution in [0.5, 0.6) is 0 Å². The summed E-state index contributed by atoms with van der Waals surface area (Å²) in [6.45, 7) is 6.15. The van der Waals surface area contributed by atoms with Gasteiger partial charge in [0, 0.05) is 47.1 Å². The number of rotatable bonds is 2. The molecule has 2 atom stereocenters. The minimum atomic E-state index is -0.397. The summed E-state index contributed by atoms with van der Waals surface area (Å²) in [6, 6.07) is 4.81. The van der Waals surface area contributed by atoms with Gasteiger partial charge in [-0.15, -0.1) is 0 Å². The van der Waals surface area contributed by atoms with Gasteiger partial charge in [-0.25, -0.2) is 0 Å². The summed E-state index contributed by atoms with van der Waals surface area (Å²) in [5.74, 6) is 0. The van der Waals surface area contributed by atoms with Crippen LogP contribution in [-0.4, -0.2) is 28.5 Å². The third-order valence-corrected chi connectivity index (χ3v) is 4.15. The number of thioether (sulfide) groups is 1. The van der Waals surface area contributed by atoms with E-state index in [1.165, 1.54) is 6.07 Å². The third-order valence-electron chi connectivity index (χ3n) is 2.92. The molecule has 5 nitrogen and oxygen atoms in total. The SMILES string of the molecule is CC1CN(c2cc(N)cc([N+](=O)[O-])c2)CC(C)S1. The van der Waals surface area contributed by atoms with Gasteiger partial charge in [-0.2, -0.15) is 11.8 Å². The van der Waals surface area contributed by atoms with Gasteiger partial charge in [-0.05, 0) is 6.07 Å². The van der Waals surface area contributed by atoms with Crippen molar-refractivity contribution in [3.05, 3.63) is 28.3 Å². The zero-order chi connectivity index (χ0) is 13.3. The lowest BCUT2D eigenvalue weighted by molar-refractivity contribution is -0.384. The van der Waals surface area contributed by atoms with Crippen LogP contribution in [0.2, 0.25) is 0 Å². The van der Waals surface area contributed by atoms with E-state index < -0.39 is 4.92 Å². The number of non-ortho nitro benzene ring substituents is 1. The van der Waals surface area contributed by atoms with Crippen molar-refractivity contribution in [2.45, 2.75) is 24.3 Å². The number of hydrogen-bond acceptors (Lipinski definition) is 5. The second-order valence-corrected chi connectivity index (χ2v) is 6.58. The molecule has 6 heteroatoms. The van der Waals surface area contributed by atoms with Crippen LogP contribution >= 0.6 is 11.8 Å². The van der Waals surface area contributed by atoms with Crippen molar-refractivity contribution in [3.8, 4) is 0 Å². The molecule has 1 fully saturated rings. The van der Waals surface area contributed by atoms with Crippen LogP contribution in [0.3, 0.4) is 0 Å². The fourth-order valence-corrected chi connectivity index (χ4v) is 3.62. The Balaban J connectivity index is 2.29. The Hall–Kier alpha value is -1.43. The maximum Gasteiger partial charge on any atom is 0.273 e. The Kier molecular flexibility index (Phi) is 3.65. The van der Waals surface area contributed by atoms with E-state index >= 15 is 0 Å². The monoisotopic (exact) mass is 267 g/mol. The van der Waals surface area contributed by atoms with Gasteiger partial charge >= 0.3 is 0 Å². The summed E-state index contributed by atoms with van der Waals surface area (Å²) >= 11 is 1.95. The molecule has 0 spiro atoms. The van der Waals surface area contributed by atoms with Gasteiger partial charge in [-0.3, -0.25) is 10.1 Å². The first-order valence-corrected chi connectivity index (χ1v) is 6.85. The molecule has 1 aliphatic rings. The average molecular weight is 267 g/mol. The van der Waals surface area contributed by atoms with E-state index in [0.29, 0.717) is 16.2 Å². The fourth-order valence-electron chi connectivity index (χ4n) is 2.29. The Morgan fingerprint density at radius 1 is 1.33 bits per heavy atom. The van der Waals surface area contributed by atoms with Crippen molar-refractivity contribution in [2.75, 3.05) is 23.7 Å². The van der Waals surface area contributed by atoms with Crippen LogP contribution in [0.4, 0.5) is 17.1 Å². The number of anilines is 2. The van der Waals surface area contributed by atoms with Gasteiger partial charge in [-0.1, -0.05) is 13.8 Å². The second kappa shape index (κ2) is 5.06. The van der Waals surface area contributed by atoms with Gasteiger partial charge in [0.25, 0.3) is 5.69 Å². The van der Waals surface area contributed by atoms with Crippen LogP contribution in [0.15, 0.2) is 18.2 Å². The molecule has 0 saturated carbocycles. The highest BCUT2D eigenvalue weighted by Crippen LogP contribution is 2.31. The molecule has 1 aliphatic heterocycles. The van der Waals surface area contributed by atoms with E-state index in [1.807, 2.05) is 17.8 Å². The molecule has 18 heavy (non-hydrogen) atoms. The van der Waals surface area contributed by atoms with E-state index in [-0.39, 0.29) is 5.69 Å². The number of nitrogens with zero attached hydrogens (tertiary/aromatic N) is 2. The molecule has 0 aliphatic carbocycles. The molecule has 1 aromatic carbocycles. The first-order valence-electron chi connectivity index (χ1n) is 5.91. The number of benzene rings is 1. The number of nitrogens with two attached hydrogens (primary N) is 1. The predicted molar refractivity (Wildman–Crippen MR) is 76.2 cm³/mol. The Morgan fingerprint density at radius 3 is 2.50 bits per heavy atom. The van der Waals surface area contributed by atoms with E-state index in [2.05, 4.69) is 18.7 Å². The largest absolute Gasteiger partial charge is 0.398 e. The van der Waals surface area contributed by atoms with Gasteiger partial charge in [0.2, 0.25) is 0 Å².